The summed E-state index contributed by atoms with van der Waals surface area (Å²) >= 11 is 5.94. The summed E-state index contributed by atoms with van der Waals surface area (Å²) in [6, 6.07) is 5.06. The summed E-state index contributed by atoms with van der Waals surface area (Å²) in [5.74, 6) is 0.627. The number of rotatable bonds is 4. The number of halogens is 1. The molecule has 21 heavy (non-hydrogen) atoms. The third-order valence-electron chi connectivity index (χ3n) is 3.14. The van der Waals surface area contributed by atoms with Crippen LogP contribution in [0.2, 0.25) is 5.02 Å². The van der Waals surface area contributed by atoms with Crippen molar-refractivity contribution in [3.8, 4) is 0 Å². The molecule has 0 saturated carbocycles. The van der Waals surface area contributed by atoms with Gasteiger partial charge in [-0.1, -0.05) is 18.5 Å². The number of aromatic nitrogens is 6. The van der Waals surface area contributed by atoms with Gasteiger partial charge in [-0.05, 0) is 35.0 Å². The highest BCUT2D eigenvalue weighted by atomic mass is 35.5. The Morgan fingerprint density at radius 2 is 2.19 bits per heavy atom. The molecule has 0 aliphatic rings. The molecular weight excluding hydrogens is 292 g/mol. The first kappa shape index (κ1) is 13.7. The van der Waals surface area contributed by atoms with Gasteiger partial charge in [0, 0.05) is 11.6 Å². The molecule has 0 fully saturated rings. The van der Waals surface area contributed by atoms with Crippen LogP contribution in [0, 0.1) is 0 Å². The minimum Gasteiger partial charge on any atom is -0.291 e. The van der Waals surface area contributed by atoms with Crippen molar-refractivity contribution in [2.75, 3.05) is 0 Å². The van der Waals surface area contributed by atoms with Gasteiger partial charge < -0.3 is 0 Å². The smallest absolute Gasteiger partial charge is 0.261 e. The topological polar surface area (TPSA) is 78.5 Å². The summed E-state index contributed by atoms with van der Waals surface area (Å²) in [6.07, 6.45) is 2.42. The van der Waals surface area contributed by atoms with Crippen LogP contribution in [0.1, 0.15) is 19.2 Å². The van der Waals surface area contributed by atoms with E-state index in [1.807, 2.05) is 6.92 Å². The summed E-state index contributed by atoms with van der Waals surface area (Å²) in [6.45, 7) is 3.03. The maximum absolute atomic E-state index is 12.5. The SMILES string of the molecule is CCCn1nnnc1Cn1cnc2ccc(Cl)cc2c1=O. The second-order valence-electron chi connectivity index (χ2n) is 4.66. The molecule has 8 heteroatoms. The number of benzene rings is 1. The fraction of sp³-hybridized carbons (Fsp3) is 0.308. The zero-order chi connectivity index (χ0) is 14.8. The molecule has 0 saturated heterocycles. The molecule has 0 N–H and O–H groups in total. The van der Waals surface area contributed by atoms with Gasteiger partial charge in [0.25, 0.3) is 5.56 Å². The van der Waals surface area contributed by atoms with Crippen LogP contribution in [0.25, 0.3) is 10.9 Å². The van der Waals surface area contributed by atoms with E-state index < -0.39 is 0 Å². The van der Waals surface area contributed by atoms with Crippen LogP contribution in [0.15, 0.2) is 29.3 Å². The van der Waals surface area contributed by atoms with Gasteiger partial charge in [-0.3, -0.25) is 9.36 Å². The quantitative estimate of drug-likeness (QED) is 0.730. The number of hydrogen-bond acceptors (Lipinski definition) is 5. The number of tetrazole rings is 1. The van der Waals surface area contributed by atoms with E-state index in [1.165, 1.54) is 10.9 Å². The molecule has 0 atom stereocenters. The van der Waals surface area contributed by atoms with E-state index in [9.17, 15) is 4.79 Å². The Labute approximate surface area is 125 Å². The summed E-state index contributed by atoms with van der Waals surface area (Å²) < 4.78 is 3.17. The highest BCUT2D eigenvalue weighted by Gasteiger charge is 2.10. The minimum atomic E-state index is -0.159. The number of fused-ring (bicyclic) bond motifs is 1. The van der Waals surface area contributed by atoms with Crippen molar-refractivity contribution in [2.45, 2.75) is 26.4 Å². The molecule has 7 nitrogen and oxygen atoms in total. The largest absolute Gasteiger partial charge is 0.291 e. The zero-order valence-corrected chi connectivity index (χ0v) is 12.2. The zero-order valence-electron chi connectivity index (χ0n) is 11.4. The molecule has 108 valence electrons. The Morgan fingerprint density at radius 1 is 1.33 bits per heavy atom. The Balaban J connectivity index is 2.03. The Kier molecular flexibility index (Phi) is 3.66. The molecule has 3 rings (SSSR count). The maximum Gasteiger partial charge on any atom is 0.261 e. The minimum absolute atomic E-state index is 0.159. The number of aryl methyl sites for hydroxylation is 1. The van der Waals surface area contributed by atoms with E-state index in [0.717, 1.165) is 6.42 Å². The second-order valence-corrected chi connectivity index (χ2v) is 5.09. The Hall–Kier alpha value is -2.28. The highest BCUT2D eigenvalue weighted by molar-refractivity contribution is 6.31. The van der Waals surface area contributed by atoms with Crippen LogP contribution >= 0.6 is 11.6 Å². The molecule has 0 unspecified atom stereocenters. The first-order chi connectivity index (χ1) is 10.2. The summed E-state index contributed by atoms with van der Waals surface area (Å²) in [7, 11) is 0. The molecule has 0 spiro atoms. The van der Waals surface area contributed by atoms with Crippen molar-refractivity contribution in [1.82, 2.24) is 29.8 Å². The summed E-state index contributed by atoms with van der Waals surface area (Å²) in [4.78, 5) is 16.7. The van der Waals surface area contributed by atoms with Gasteiger partial charge in [-0.2, -0.15) is 0 Å². The van der Waals surface area contributed by atoms with E-state index in [1.54, 1.807) is 22.9 Å². The predicted molar refractivity (Wildman–Crippen MR) is 78.2 cm³/mol. The van der Waals surface area contributed by atoms with Crippen LogP contribution in [0.5, 0.6) is 0 Å². The third kappa shape index (κ3) is 2.64. The van der Waals surface area contributed by atoms with Crippen molar-refractivity contribution in [3.05, 3.63) is 45.7 Å². The lowest BCUT2D eigenvalue weighted by atomic mass is 10.2. The molecule has 0 bridgehead atoms. The lowest BCUT2D eigenvalue weighted by molar-refractivity contribution is 0.540. The van der Waals surface area contributed by atoms with Crippen LogP contribution < -0.4 is 5.56 Å². The van der Waals surface area contributed by atoms with E-state index in [0.29, 0.717) is 28.3 Å². The molecule has 1 aromatic carbocycles. The van der Waals surface area contributed by atoms with Crippen LogP contribution in [0.3, 0.4) is 0 Å². The van der Waals surface area contributed by atoms with Gasteiger partial charge >= 0.3 is 0 Å². The first-order valence-electron chi connectivity index (χ1n) is 6.59. The number of hydrogen-bond donors (Lipinski definition) is 0. The highest BCUT2D eigenvalue weighted by Crippen LogP contribution is 2.14. The summed E-state index contributed by atoms with van der Waals surface area (Å²) in [5.41, 5.74) is 0.461. The normalized spacial score (nSPS) is 11.1. The maximum atomic E-state index is 12.5. The summed E-state index contributed by atoms with van der Waals surface area (Å²) in [5, 5.41) is 12.5. The molecule has 0 aliphatic carbocycles. The fourth-order valence-corrected chi connectivity index (χ4v) is 2.29. The standard InChI is InChI=1S/C13H13ClN6O/c1-2-5-20-12(16-17-18-20)7-19-8-15-11-4-3-9(14)6-10(11)13(19)21/h3-4,6,8H,2,5,7H2,1H3. The average Bonchev–Trinajstić information content (AvgIpc) is 2.90. The fourth-order valence-electron chi connectivity index (χ4n) is 2.12. The number of nitrogens with zero attached hydrogens (tertiary/aromatic N) is 6. The molecule has 0 radical (unpaired) electrons. The van der Waals surface area contributed by atoms with Crippen molar-refractivity contribution in [1.29, 1.82) is 0 Å². The van der Waals surface area contributed by atoms with E-state index in [-0.39, 0.29) is 12.1 Å². The second kappa shape index (κ2) is 5.61. The van der Waals surface area contributed by atoms with Crippen molar-refractivity contribution < 1.29 is 0 Å². The Morgan fingerprint density at radius 3 is 3.00 bits per heavy atom. The molecule has 3 aromatic rings. The first-order valence-corrected chi connectivity index (χ1v) is 6.96. The predicted octanol–water partition coefficient (Wildman–Crippen LogP) is 1.49. The van der Waals surface area contributed by atoms with Crippen molar-refractivity contribution in [3.63, 3.8) is 0 Å². The van der Waals surface area contributed by atoms with Gasteiger partial charge in [-0.15, -0.1) is 5.10 Å². The van der Waals surface area contributed by atoms with E-state index in [4.69, 9.17) is 11.6 Å². The van der Waals surface area contributed by atoms with Crippen LogP contribution in [-0.2, 0) is 13.1 Å². The molecule has 2 heterocycles. The van der Waals surface area contributed by atoms with Gasteiger partial charge in [0.1, 0.15) is 0 Å². The molecule has 0 aliphatic heterocycles. The lowest BCUT2D eigenvalue weighted by Crippen LogP contribution is -2.23. The Bertz CT molecular complexity index is 840. The van der Waals surface area contributed by atoms with Crippen molar-refractivity contribution in [2.24, 2.45) is 0 Å². The molecule has 2 aromatic heterocycles. The van der Waals surface area contributed by atoms with Gasteiger partial charge in [0.15, 0.2) is 5.82 Å². The molecule has 0 amide bonds. The van der Waals surface area contributed by atoms with Gasteiger partial charge in [-0.25, -0.2) is 9.67 Å². The van der Waals surface area contributed by atoms with Crippen LogP contribution in [-0.4, -0.2) is 29.8 Å². The van der Waals surface area contributed by atoms with E-state index >= 15 is 0 Å². The third-order valence-corrected chi connectivity index (χ3v) is 3.37. The van der Waals surface area contributed by atoms with Crippen LogP contribution in [0.4, 0.5) is 0 Å². The van der Waals surface area contributed by atoms with E-state index in [2.05, 4.69) is 20.5 Å². The lowest BCUT2D eigenvalue weighted by Gasteiger charge is -2.07. The molecular formula is C13H13ClN6O. The van der Waals surface area contributed by atoms with Gasteiger partial charge in [0.2, 0.25) is 0 Å². The average molecular weight is 305 g/mol. The van der Waals surface area contributed by atoms with Gasteiger partial charge in [0.05, 0.1) is 23.8 Å². The van der Waals surface area contributed by atoms with Crippen molar-refractivity contribution >= 4 is 22.5 Å². The monoisotopic (exact) mass is 304 g/mol.